The van der Waals surface area contributed by atoms with E-state index in [9.17, 15) is 9.59 Å². The van der Waals surface area contributed by atoms with Crippen LogP contribution in [0.5, 0.6) is 0 Å². The number of esters is 1. The summed E-state index contributed by atoms with van der Waals surface area (Å²) < 4.78 is 4.79. The second-order valence-electron chi connectivity index (χ2n) is 6.65. The summed E-state index contributed by atoms with van der Waals surface area (Å²) in [6, 6.07) is 14.9. The SMILES string of the molecule is COC(=O)c1ccccc1Nc1ncc(C(=O)N2CCCc3ccccc32)cn1. The Morgan fingerprint density at radius 3 is 2.55 bits per heavy atom. The number of aryl methyl sites for hydroxylation is 1. The Kier molecular flexibility index (Phi) is 5.20. The molecule has 1 N–H and O–H groups in total. The van der Waals surface area contributed by atoms with E-state index in [0.717, 1.165) is 18.5 Å². The molecule has 0 saturated carbocycles. The molecule has 1 aliphatic rings. The fraction of sp³-hybridized carbons (Fsp3) is 0.182. The van der Waals surface area contributed by atoms with Crippen molar-refractivity contribution >= 4 is 29.2 Å². The van der Waals surface area contributed by atoms with Crippen LogP contribution < -0.4 is 10.2 Å². The maximum absolute atomic E-state index is 13.0. The van der Waals surface area contributed by atoms with Crippen molar-refractivity contribution in [3.8, 4) is 0 Å². The third kappa shape index (κ3) is 3.80. The van der Waals surface area contributed by atoms with E-state index in [1.54, 1.807) is 29.2 Å². The highest BCUT2D eigenvalue weighted by Gasteiger charge is 2.23. The first-order chi connectivity index (χ1) is 14.2. The molecule has 1 amide bonds. The Labute approximate surface area is 168 Å². The number of carbonyl (C=O) groups is 2. The maximum atomic E-state index is 13.0. The first-order valence-corrected chi connectivity index (χ1v) is 9.33. The summed E-state index contributed by atoms with van der Waals surface area (Å²) in [5, 5.41) is 3.00. The summed E-state index contributed by atoms with van der Waals surface area (Å²) in [6.45, 7) is 0.669. The van der Waals surface area contributed by atoms with Gasteiger partial charge in [-0.2, -0.15) is 0 Å². The molecule has 1 aliphatic heterocycles. The number of ether oxygens (including phenoxy) is 1. The zero-order chi connectivity index (χ0) is 20.2. The highest BCUT2D eigenvalue weighted by molar-refractivity contribution is 6.06. The van der Waals surface area contributed by atoms with Gasteiger partial charge in [-0.15, -0.1) is 0 Å². The van der Waals surface area contributed by atoms with E-state index in [-0.39, 0.29) is 11.9 Å². The number of carbonyl (C=O) groups excluding carboxylic acids is 2. The van der Waals surface area contributed by atoms with Crippen LogP contribution in [-0.4, -0.2) is 35.5 Å². The average molecular weight is 388 g/mol. The van der Waals surface area contributed by atoms with Gasteiger partial charge in [-0.05, 0) is 36.6 Å². The predicted octanol–water partition coefficient (Wildman–Crippen LogP) is 3.60. The highest BCUT2D eigenvalue weighted by atomic mass is 16.5. The highest BCUT2D eigenvalue weighted by Crippen LogP contribution is 2.28. The summed E-state index contributed by atoms with van der Waals surface area (Å²) in [5.41, 5.74) is 3.43. The quantitative estimate of drug-likeness (QED) is 0.688. The number of hydrogen-bond donors (Lipinski definition) is 1. The number of benzene rings is 2. The van der Waals surface area contributed by atoms with Gasteiger partial charge >= 0.3 is 5.97 Å². The molecule has 0 unspecified atom stereocenters. The molecule has 7 heteroatoms. The molecule has 0 fully saturated rings. The van der Waals surface area contributed by atoms with Gasteiger partial charge in [0, 0.05) is 24.6 Å². The Balaban J connectivity index is 1.54. The third-order valence-corrected chi connectivity index (χ3v) is 4.83. The van der Waals surface area contributed by atoms with E-state index >= 15 is 0 Å². The molecule has 0 saturated heterocycles. The first-order valence-electron chi connectivity index (χ1n) is 9.33. The van der Waals surface area contributed by atoms with Crippen molar-refractivity contribution in [2.24, 2.45) is 0 Å². The molecule has 2 heterocycles. The van der Waals surface area contributed by atoms with Gasteiger partial charge in [0.25, 0.3) is 5.91 Å². The minimum Gasteiger partial charge on any atom is -0.465 e. The molecule has 4 rings (SSSR count). The minimum atomic E-state index is -0.455. The third-order valence-electron chi connectivity index (χ3n) is 4.83. The van der Waals surface area contributed by atoms with E-state index in [1.807, 2.05) is 18.2 Å². The molecule has 0 radical (unpaired) electrons. The molecule has 2 aromatic carbocycles. The van der Waals surface area contributed by atoms with Gasteiger partial charge < -0.3 is 15.0 Å². The zero-order valence-electron chi connectivity index (χ0n) is 16.0. The van der Waals surface area contributed by atoms with Crippen molar-refractivity contribution in [1.29, 1.82) is 0 Å². The van der Waals surface area contributed by atoms with Crippen molar-refractivity contribution in [3.63, 3.8) is 0 Å². The normalized spacial score (nSPS) is 12.8. The van der Waals surface area contributed by atoms with Gasteiger partial charge in [0.1, 0.15) is 0 Å². The van der Waals surface area contributed by atoms with Crippen LogP contribution in [-0.2, 0) is 11.2 Å². The van der Waals surface area contributed by atoms with Crippen LogP contribution in [0, 0.1) is 0 Å². The molecule has 0 bridgehead atoms. The first kappa shape index (κ1) is 18.6. The number of anilines is 3. The van der Waals surface area contributed by atoms with Gasteiger partial charge in [-0.3, -0.25) is 4.79 Å². The van der Waals surface area contributed by atoms with Crippen molar-refractivity contribution < 1.29 is 14.3 Å². The van der Waals surface area contributed by atoms with Gasteiger partial charge in [0.2, 0.25) is 5.95 Å². The van der Waals surface area contributed by atoms with Crippen LogP contribution in [0.4, 0.5) is 17.3 Å². The summed E-state index contributed by atoms with van der Waals surface area (Å²) in [7, 11) is 1.33. The van der Waals surface area contributed by atoms with Crippen molar-refractivity contribution in [2.75, 3.05) is 23.9 Å². The van der Waals surface area contributed by atoms with E-state index in [0.29, 0.717) is 23.4 Å². The average Bonchev–Trinajstić information content (AvgIpc) is 2.78. The number of hydrogen-bond acceptors (Lipinski definition) is 6. The van der Waals surface area contributed by atoms with Gasteiger partial charge in [-0.25, -0.2) is 14.8 Å². The summed E-state index contributed by atoms with van der Waals surface area (Å²) in [6.07, 6.45) is 4.89. The van der Waals surface area contributed by atoms with Gasteiger partial charge in [-0.1, -0.05) is 30.3 Å². The molecule has 3 aromatic rings. The lowest BCUT2D eigenvalue weighted by molar-refractivity contribution is 0.0601. The van der Waals surface area contributed by atoms with E-state index < -0.39 is 5.97 Å². The molecule has 0 spiro atoms. The lowest BCUT2D eigenvalue weighted by atomic mass is 10.0. The maximum Gasteiger partial charge on any atom is 0.339 e. The fourth-order valence-electron chi connectivity index (χ4n) is 3.40. The number of fused-ring (bicyclic) bond motifs is 1. The number of methoxy groups -OCH3 is 1. The number of nitrogens with one attached hydrogen (secondary N) is 1. The predicted molar refractivity (Wildman–Crippen MR) is 110 cm³/mol. The lowest BCUT2D eigenvalue weighted by Gasteiger charge is -2.29. The van der Waals surface area contributed by atoms with Crippen LogP contribution in [0.1, 0.15) is 32.7 Å². The topological polar surface area (TPSA) is 84.4 Å². The fourth-order valence-corrected chi connectivity index (χ4v) is 3.40. The smallest absolute Gasteiger partial charge is 0.339 e. The van der Waals surface area contributed by atoms with Gasteiger partial charge in [0.15, 0.2) is 0 Å². The van der Waals surface area contributed by atoms with E-state index in [4.69, 9.17) is 4.74 Å². The van der Waals surface area contributed by atoms with Crippen LogP contribution >= 0.6 is 0 Å². The van der Waals surface area contributed by atoms with E-state index in [1.165, 1.54) is 25.1 Å². The van der Waals surface area contributed by atoms with Crippen LogP contribution in [0.3, 0.4) is 0 Å². The van der Waals surface area contributed by atoms with Crippen molar-refractivity contribution in [2.45, 2.75) is 12.8 Å². The minimum absolute atomic E-state index is 0.126. The zero-order valence-corrected chi connectivity index (χ0v) is 16.0. The second kappa shape index (κ2) is 8.10. The van der Waals surface area contributed by atoms with Crippen LogP contribution in [0.25, 0.3) is 0 Å². The monoisotopic (exact) mass is 388 g/mol. The molecular weight excluding hydrogens is 368 g/mol. The molecule has 1 aromatic heterocycles. The molecular formula is C22H20N4O3. The summed E-state index contributed by atoms with van der Waals surface area (Å²) in [4.78, 5) is 35.1. The van der Waals surface area contributed by atoms with E-state index in [2.05, 4.69) is 21.4 Å². The number of amides is 1. The standard InChI is InChI=1S/C22H20N4O3/c1-29-21(28)17-9-3-4-10-18(17)25-22-23-13-16(14-24-22)20(27)26-12-6-8-15-7-2-5-11-19(15)26/h2-5,7,9-11,13-14H,6,8,12H2,1H3,(H,23,24,25). The Morgan fingerprint density at radius 1 is 1.03 bits per heavy atom. The molecule has 0 atom stereocenters. The number of nitrogens with zero attached hydrogens (tertiary/aromatic N) is 3. The molecule has 7 nitrogen and oxygen atoms in total. The number of rotatable bonds is 4. The molecule has 146 valence electrons. The number of aromatic nitrogens is 2. The van der Waals surface area contributed by atoms with Crippen molar-refractivity contribution in [1.82, 2.24) is 9.97 Å². The number of para-hydroxylation sites is 2. The van der Waals surface area contributed by atoms with Crippen LogP contribution in [0.2, 0.25) is 0 Å². The summed E-state index contributed by atoms with van der Waals surface area (Å²) in [5.74, 6) is -0.292. The largest absolute Gasteiger partial charge is 0.465 e. The van der Waals surface area contributed by atoms with Crippen molar-refractivity contribution in [3.05, 3.63) is 77.6 Å². The summed E-state index contributed by atoms with van der Waals surface area (Å²) >= 11 is 0. The molecule has 0 aliphatic carbocycles. The Morgan fingerprint density at radius 2 is 1.76 bits per heavy atom. The Hall–Kier alpha value is -3.74. The Bertz CT molecular complexity index is 1050. The van der Waals surface area contributed by atoms with Gasteiger partial charge in [0.05, 0.1) is 23.9 Å². The second-order valence-corrected chi connectivity index (χ2v) is 6.65. The van der Waals surface area contributed by atoms with Crippen LogP contribution in [0.15, 0.2) is 60.9 Å². The lowest BCUT2D eigenvalue weighted by Crippen LogP contribution is -2.35. The molecule has 29 heavy (non-hydrogen) atoms.